The maximum Gasteiger partial charge on any atom is 0.306 e. The van der Waals surface area contributed by atoms with Gasteiger partial charge >= 0.3 is 17.9 Å². The Morgan fingerprint density at radius 1 is 0.500 bits per heavy atom. The second-order valence-electron chi connectivity index (χ2n) is 25.7. The molecule has 0 amide bonds. The van der Waals surface area contributed by atoms with Crippen molar-refractivity contribution in [1.82, 2.24) is 63.8 Å². The van der Waals surface area contributed by atoms with Crippen molar-refractivity contribution in [2.75, 3.05) is 20.9 Å². The van der Waals surface area contributed by atoms with Gasteiger partial charge in [-0.3, -0.25) is 87.3 Å². The Balaban J connectivity index is 0.829. The minimum Gasteiger partial charge on any atom is -0.481 e. The molecule has 9 fully saturated rings. The van der Waals surface area contributed by atoms with Crippen LogP contribution < -0.4 is 63.8 Å². The predicted molar refractivity (Wildman–Crippen MR) is 320 cm³/mol. The highest BCUT2D eigenvalue weighted by atomic mass is 32.2. The number of aliphatic carboxylic acids is 3. The third-order valence-electron chi connectivity index (χ3n) is 20.0. The topological polar surface area (TPSA) is 562 Å². The monoisotopic (exact) mass is 1390 g/mol. The average molecular weight is 1400 g/mol. The molecule has 92 heavy (non-hydrogen) atoms. The molecule has 0 aromatic carbocycles. The van der Waals surface area contributed by atoms with Crippen molar-refractivity contribution < 1.29 is 105 Å². The quantitative estimate of drug-likeness (QED) is 0.00990. The summed E-state index contributed by atoms with van der Waals surface area (Å²) in [5.41, 5.74) is 0. The second kappa shape index (κ2) is 33.2. The highest BCUT2D eigenvalue weighted by Gasteiger charge is 2.56. The van der Waals surface area contributed by atoms with Crippen molar-refractivity contribution in [3.8, 4) is 0 Å². The fourth-order valence-electron chi connectivity index (χ4n) is 15.7. The fraction of sp³-hybridized carbons (Fsp3) is 0.940. The Kier molecular flexibility index (Phi) is 26.5. The van der Waals surface area contributed by atoms with Crippen LogP contribution in [0, 0.1) is 41.4 Å². The first-order valence-electron chi connectivity index (χ1n) is 31.1. The summed E-state index contributed by atoms with van der Waals surface area (Å²) in [6, 6.07) is -5.12. The number of carboxylic acids is 3. The van der Waals surface area contributed by atoms with Crippen LogP contribution in [0.15, 0.2) is 20.5 Å². The standard InChI is InChI=1S/C50H90N16O22S4/c1-51-45-57-47(61-49(59-45)55-32-17-30(91(78,79)80)12-20-14-34(89-87-85-76)38(40(68)36(20)32)65-63-27-8-22(42(70)71)7-23(9-27)43(72)73)53-25-3-5-26(6-4-25)54-48-58-46(52-2)60-50(62-48)56-33-18-31(92(81,82)83)13-21-15-35(90-88-86-77)39(41(69)37(21)33)66-64-28-10-24(44(74)75)11-29(16-28)84-19-67/h20-41,45-62,67-69,76-77H,3-19H2,1-2H3,(H,70,71)(H,72,73)(H,74,75)(H,78,79,80)(H,81,82,83). The van der Waals surface area contributed by atoms with Gasteiger partial charge in [0.25, 0.3) is 20.2 Å². The van der Waals surface area contributed by atoms with Crippen LogP contribution in [0.5, 0.6) is 0 Å². The van der Waals surface area contributed by atoms with Gasteiger partial charge in [0.05, 0.1) is 69.1 Å². The molecular formula is C50H90N16O22S4. The molecule has 2 saturated heterocycles. The molecule has 7 saturated carbocycles. The van der Waals surface area contributed by atoms with Crippen molar-refractivity contribution >= 4 is 62.2 Å². The number of azo groups is 2. The lowest BCUT2D eigenvalue weighted by Crippen LogP contribution is -2.79. The van der Waals surface area contributed by atoms with Crippen LogP contribution in [-0.2, 0) is 58.1 Å². The van der Waals surface area contributed by atoms with Gasteiger partial charge in [-0.1, -0.05) is 10.1 Å². The summed E-state index contributed by atoms with van der Waals surface area (Å²) in [7, 11) is -5.71. The Morgan fingerprint density at radius 3 is 1.23 bits per heavy atom. The Labute approximate surface area is 539 Å². The van der Waals surface area contributed by atoms with Gasteiger partial charge in [0.15, 0.2) is 0 Å². The van der Waals surface area contributed by atoms with E-state index < -0.39 is 200 Å². The van der Waals surface area contributed by atoms with E-state index in [0.29, 0.717) is 49.8 Å². The molecule has 38 nitrogen and oxygen atoms in total. The number of rotatable bonds is 27. The average Bonchev–Trinajstić information content (AvgIpc) is 0.770. The lowest BCUT2D eigenvalue weighted by Gasteiger charge is -2.51. The molecule has 9 aliphatic rings. The third-order valence-corrected chi connectivity index (χ3v) is 24.2. The molecule has 9 rings (SSSR count). The van der Waals surface area contributed by atoms with Gasteiger partial charge < -0.3 is 35.4 Å². The molecule has 7 aliphatic carbocycles. The zero-order valence-corrected chi connectivity index (χ0v) is 53.7. The summed E-state index contributed by atoms with van der Waals surface area (Å²) in [6.07, 6.45) is -3.38. The number of fused-ring (bicyclic) bond motifs is 2. The van der Waals surface area contributed by atoms with Crippen LogP contribution in [0.1, 0.15) is 103 Å². The number of nitrogens with one attached hydrogen (secondary N) is 12. The summed E-state index contributed by atoms with van der Waals surface area (Å²) in [5.74, 6) is -8.66. The molecule has 2 heterocycles. The maximum atomic E-state index is 12.9. The Hall–Kier alpha value is -2.75. The van der Waals surface area contributed by atoms with Crippen molar-refractivity contribution in [1.29, 1.82) is 0 Å². The number of hydrogen-bond donors (Lipinski definition) is 22. The van der Waals surface area contributed by atoms with E-state index in [2.05, 4.69) is 94.3 Å². The Morgan fingerprint density at radius 2 is 0.870 bits per heavy atom. The van der Waals surface area contributed by atoms with Crippen LogP contribution in [0.4, 0.5) is 0 Å². The van der Waals surface area contributed by atoms with Gasteiger partial charge in [-0.15, -0.1) is 8.67 Å². The number of aliphatic hydroxyl groups is 3. The number of aliphatic hydroxyl groups excluding tert-OH is 3. The van der Waals surface area contributed by atoms with E-state index in [9.17, 15) is 71.0 Å². The normalized spacial score (nSPS) is 43.3. The third kappa shape index (κ3) is 19.1. The van der Waals surface area contributed by atoms with Crippen molar-refractivity contribution in [3.63, 3.8) is 0 Å². The summed E-state index contributed by atoms with van der Waals surface area (Å²) in [5, 5.41) is 145. The zero-order valence-electron chi connectivity index (χ0n) is 50.5. The van der Waals surface area contributed by atoms with Crippen molar-refractivity contribution in [3.05, 3.63) is 0 Å². The predicted octanol–water partition coefficient (Wildman–Crippen LogP) is -2.75. The number of hydrogen-bond acceptors (Lipinski definition) is 35. The summed E-state index contributed by atoms with van der Waals surface area (Å²) >= 11 is 1.28. The van der Waals surface area contributed by atoms with E-state index in [1.165, 1.54) is 0 Å². The first-order valence-corrected chi connectivity index (χ1v) is 35.7. The van der Waals surface area contributed by atoms with Gasteiger partial charge in [-0.05, 0) is 129 Å². The summed E-state index contributed by atoms with van der Waals surface area (Å²) in [6.45, 7) is -0.618. The van der Waals surface area contributed by atoms with Gasteiger partial charge in [0.1, 0.15) is 56.6 Å². The highest BCUT2D eigenvalue weighted by molar-refractivity contribution is 7.95. The molecule has 0 aromatic rings. The lowest BCUT2D eigenvalue weighted by molar-refractivity contribution is -0.432. The molecule has 526 valence electrons. The van der Waals surface area contributed by atoms with Gasteiger partial charge in [0, 0.05) is 60.1 Å². The van der Waals surface area contributed by atoms with Gasteiger partial charge in [-0.2, -0.15) is 37.3 Å². The number of carbonyl (C=O) groups is 3. The SMILES string of the molecule is CNC1NC(NC2CCC(NC3NC(NC)NC(NC4CC(S(=O)(=O)O)CC5CC(SOOO)C(N=NC6CC(C(=O)O)CC(C(=O)O)C6)C(O)C54)N3)CC2)NC(NC2CC(S(=O)(=O)O)CC3CC(SOOO)C(N=NC4CC(OCO)CC(C(=O)O)C4)C(O)C32)N1. The molecule has 25 unspecified atom stereocenters. The van der Waals surface area contributed by atoms with Crippen molar-refractivity contribution in [2.24, 2.45) is 61.9 Å². The fourth-order valence-corrected chi connectivity index (χ4v) is 19.2. The molecule has 25 atom stereocenters. The smallest absolute Gasteiger partial charge is 0.306 e. The first-order chi connectivity index (χ1) is 43.8. The molecular weight excluding hydrogens is 1300 g/mol. The van der Waals surface area contributed by atoms with Crippen LogP contribution in [0.25, 0.3) is 0 Å². The molecule has 0 bridgehead atoms. The largest absolute Gasteiger partial charge is 0.481 e. The summed E-state index contributed by atoms with van der Waals surface area (Å²) < 4.78 is 87.5. The molecule has 0 radical (unpaired) electrons. The number of ether oxygens (including phenoxy) is 1. The van der Waals surface area contributed by atoms with E-state index in [1.54, 1.807) is 14.1 Å². The van der Waals surface area contributed by atoms with E-state index in [4.69, 9.17) is 23.9 Å². The zero-order chi connectivity index (χ0) is 66.2. The van der Waals surface area contributed by atoms with Crippen LogP contribution >= 0.6 is 24.1 Å². The van der Waals surface area contributed by atoms with E-state index in [0.717, 1.165) is 0 Å². The van der Waals surface area contributed by atoms with E-state index >= 15 is 0 Å². The molecule has 2 aliphatic heterocycles. The minimum atomic E-state index is -4.60. The maximum absolute atomic E-state index is 12.9. The highest BCUT2D eigenvalue weighted by Crippen LogP contribution is 2.49. The lowest BCUT2D eigenvalue weighted by atomic mass is 9.65. The summed E-state index contributed by atoms with van der Waals surface area (Å²) in [4.78, 5) is 36.0. The van der Waals surface area contributed by atoms with Crippen LogP contribution in [-0.4, -0.2) is 231 Å². The number of nitrogens with zero attached hydrogens (tertiary/aromatic N) is 4. The molecule has 0 aromatic heterocycles. The first kappa shape index (κ1) is 73.5. The second-order valence-corrected chi connectivity index (χ2v) is 31.0. The van der Waals surface area contributed by atoms with E-state index in [-0.39, 0.29) is 89.1 Å². The van der Waals surface area contributed by atoms with Crippen LogP contribution in [0.2, 0.25) is 0 Å². The van der Waals surface area contributed by atoms with E-state index in [1.807, 2.05) is 0 Å². The Bertz CT molecular complexity index is 2710. The van der Waals surface area contributed by atoms with Gasteiger partial charge in [0.2, 0.25) is 0 Å². The molecule has 22 N–H and O–H groups in total. The minimum absolute atomic E-state index is 0.0102. The molecule has 42 heteroatoms. The van der Waals surface area contributed by atoms with Crippen LogP contribution in [0.3, 0.4) is 0 Å². The molecule has 0 spiro atoms. The van der Waals surface area contributed by atoms with Crippen molar-refractivity contribution in [2.45, 2.75) is 228 Å². The number of carboxylic acid groups (broad SMARTS) is 3. The van der Waals surface area contributed by atoms with Gasteiger partial charge in [-0.25, -0.2) is 10.5 Å².